The maximum Gasteiger partial charge on any atom is 0.343 e. The molecule has 0 fully saturated rings. The molecule has 1 atom stereocenters. The number of H-pyrrole nitrogens is 1. The number of carboxylic acid groups (broad SMARTS) is 1. The van der Waals surface area contributed by atoms with Crippen molar-refractivity contribution < 1.29 is 14.7 Å². The van der Waals surface area contributed by atoms with Crippen molar-refractivity contribution in [2.75, 3.05) is 20.1 Å². The van der Waals surface area contributed by atoms with Crippen molar-refractivity contribution in [2.24, 2.45) is 7.05 Å². The fourth-order valence-corrected chi connectivity index (χ4v) is 1.94. The lowest BCUT2D eigenvalue weighted by molar-refractivity contribution is -0.126. The molecule has 1 rings (SSSR count). The van der Waals surface area contributed by atoms with Gasteiger partial charge in [-0.3, -0.25) is 19.1 Å². The summed E-state index contributed by atoms with van der Waals surface area (Å²) in [7, 11) is 3.59. The largest absolute Gasteiger partial charge is 0.483 e. The number of likely N-dealkylation sites (N-methyl/N-ethyl adjacent to an activating group) is 1. The molecule has 0 saturated carbocycles. The molecular weight excluding hydrogens is 290 g/mol. The van der Waals surface area contributed by atoms with Crippen molar-refractivity contribution in [1.82, 2.24) is 25.0 Å². The van der Waals surface area contributed by atoms with Gasteiger partial charge in [-0.05, 0) is 20.0 Å². The predicted octanol–water partition coefficient (Wildman–Crippen LogP) is -0.802. The number of carbonyl (C=O) groups is 2. The van der Waals surface area contributed by atoms with Gasteiger partial charge in [0.25, 0.3) is 6.47 Å². The number of carbonyl (C=O) groups excluding carboxylic acids is 1. The van der Waals surface area contributed by atoms with Crippen LogP contribution in [0.1, 0.15) is 26.1 Å². The predicted molar refractivity (Wildman–Crippen MR) is 81.6 cm³/mol. The minimum Gasteiger partial charge on any atom is -0.483 e. The van der Waals surface area contributed by atoms with Crippen LogP contribution in [0.3, 0.4) is 0 Å². The topological polar surface area (TPSA) is 120 Å². The van der Waals surface area contributed by atoms with Crippen LogP contribution in [0.15, 0.2) is 4.79 Å². The highest BCUT2D eigenvalue weighted by molar-refractivity contribution is 5.81. The van der Waals surface area contributed by atoms with Gasteiger partial charge in [0.2, 0.25) is 5.91 Å². The first-order valence-electron chi connectivity index (χ1n) is 7.08. The molecule has 3 N–H and O–H groups in total. The first-order chi connectivity index (χ1) is 10.4. The van der Waals surface area contributed by atoms with E-state index in [4.69, 9.17) is 9.90 Å². The highest BCUT2D eigenvalue weighted by atomic mass is 16.3. The zero-order valence-corrected chi connectivity index (χ0v) is 13.5. The van der Waals surface area contributed by atoms with Crippen LogP contribution in [0.2, 0.25) is 0 Å². The van der Waals surface area contributed by atoms with Gasteiger partial charge in [-0.15, -0.1) is 0 Å². The minimum atomic E-state index is -0.250. The second kappa shape index (κ2) is 10.6. The molecule has 126 valence electrons. The van der Waals surface area contributed by atoms with Crippen LogP contribution in [0.25, 0.3) is 0 Å². The average molecular weight is 315 g/mol. The Labute approximate surface area is 129 Å². The summed E-state index contributed by atoms with van der Waals surface area (Å²) in [5.74, 6) is 0.662. The molecule has 0 radical (unpaired) electrons. The number of aromatic nitrogens is 3. The maximum atomic E-state index is 12.0. The van der Waals surface area contributed by atoms with Gasteiger partial charge in [0.05, 0.1) is 6.04 Å². The first kappa shape index (κ1) is 19.8. The summed E-state index contributed by atoms with van der Waals surface area (Å²) in [6.45, 7) is 5.08. The maximum absolute atomic E-state index is 12.0. The molecular formula is C13H25N5O4. The van der Waals surface area contributed by atoms with E-state index in [9.17, 15) is 9.59 Å². The highest BCUT2D eigenvalue weighted by Gasteiger charge is 2.19. The molecule has 9 heteroatoms. The van der Waals surface area contributed by atoms with E-state index >= 15 is 0 Å². The summed E-state index contributed by atoms with van der Waals surface area (Å²) in [4.78, 5) is 33.6. The number of aromatic amines is 1. The fourth-order valence-electron chi connectivity index (χ4n) is 1.94. The Hall–Kier alpha value is -2.16. The normalized spacial score (nSPS) is 11.5. The summed E-state index contributed by atoms with van der Waals surface area (Å²) in [6, 6.07) is -0.104. The van der Waals surface area contributed by atoms with Gasteiger partial charge in [-0.1, -0.05) is 13.8 Å². The Kier molecular flexibility index (Phi) is 9.51. The van der Waals surface area contributed by atoms with Crippen LogP contribution in [-0.2, 0) is 23.1 Å². The lowest BCUT2D eigenvalue weighted by Gasteiger charge is -2.24. The number of amides is 1. The molecule has 0 aliphatic heterocycles. The average Bonchev–Trinajstić information content (AvgIpc) is 2.80. The van der Waals surface area contributed by atoms with Crippen LogP contribution in [0.4, 0.5) is 0 Å². The molecule has 0 aliphatic rings. The zero-order valence-electron chi connectivity index (χ0n) is 13.5. The highest BCUT2D eigenvalue weighted by Crippen LogP contribution is 2.01. The third kappa shape index (κ3) is 6.08. The lowest BCUT2D eigenvalue weighted by atomic mass is 10.2. The molecule has 1 amide bonds. The Bertz CT molecular complexity index is 511. The van der Waals surface area contributed by atoms with Gasteiger partial charge < -0.3 is 10.4 Å². The molecule has 0 aliphatic carbocycles. The Morgan fingerprint density at radius 3 is 2.55 bits per heavy atom. The third-order valence-electron chi connectivity index (χ3n) is 3.34. The number of nitrogens with one attached hydrogen (secondary N) is 2. The van der Waals surface area contributed by atoms with Crippen molar-refractivity contribution >= 4 is 12.4 Å². The Balaban J connectivity index is 0.00000135. The summed E-state index contributed by atoms with van der Waals surface area (Å²) >= 11 is 0. The SMILES string of the molecule is CCC(C(=O)NCCc1n[nH]c(=O)n1C)N(C)CC.O=CO. The van der Waals surface area contributed by atoms with E-state index in [1.54, 1.807) is 7.05 Å². The second-order valence-corrected chi connectivity index (χ2v) is 4.65. The molecule has 1 aromatic heterocycles. The number of rotatable bonds is 7. The summed E-state index contributed by atoms with van der Waals surface area (Å²) in [5, 5.41) is 16.0. The van der Waals surface area contributed by atoms with E-state index < -0.39 is 0 Å². The van der Waals surface area contributed by atoms with E-state index in [1.807, 2.05) is 25.8 Å². The summed E-state index contributed by atoms with van der Waals surface area (Å²) < 4.78 is 1.45. The van der Waals surface area contributed by atoms with E-state index in [1.165, 1.54) is 4.57 Å². The molecule has 0 spiro atoms. The zero-order chi connectivity index (χ0) is 17.1. The van der Waals surface area contributed by atoms with Crippen LogP contribution in [-0.4, -0.2) is 63.3 Å². The van der Waals surface area contributed by atoms with Crippen molar-refractivity contribution in [3.05, 3.63) is 16.3 Å². The Morgan fingerprint density at radius 2 is 2.14 bits per heavy atom. The number of hydrogen-bond donors (Lipinski definition) is 3. The van der Waals surface area contributed by atoms with Gasteiger partial charge in [-0.25, -0.2) is 9.89 Å². The molecule has 0 saturated heterocycles. The molecule has 1 unspecified atom stereocenters. The number of nitrogens with zero attached hydrogens (tertiary/aromatic N) is 3. The summed E-state index contributed by atoms with van der Waals surface area (Å²) in [6.07, 6.45) is 1.31. The van der Waals surface area contributed by atoms with E-state index in [2.05, 4.69) is 15.5 Å². The van der Waals surface area contributed by atoms with Crippen molar-refractivity contribution in [3.8, 4) is 0 Å². The van der Waals surface area contributed by atoms with Gasteiger partial charge in [0, 0.05) is 20.0 Å². The number of hydrogen-bond acceptors (Lipinski definition) is 5. The Morgan fingerprint density at radius 1 is 1.55 bits per heavy atom. The molecule has 1 heterocycles. The van der Waals surface area contributed by atoms with Crippen molar-refractivity contribution in [2.45, 2.75) is 32.7 Å². The minimum absolute atomic E-state index is 0.0207. The van der Waals surface area contributed by atoms with E-state index in [0.29, 0.717) is 18.8 Å². The molecule has 22 heavy (non-hydrogen) atoms. The van der Waals surface area contributed by atoms with E-state index in [-0.39, 0.29) is 24.1 Å². The van der Waals surface area contributed by atoms with Crippen molar-refractivity contribution in [1.29, 1.82) is 0 Å². The quantitative estimate of drug-likeness (QED) is 0.566. The van der Waals surface area contributed by atoms with E-state index in [0.717, 1.165) is 13.0 Å². The lowest BCUT2D eigenvalue weighted by Crippen LogP contribution is -2.45. The third-order valence-corrected chi connectivity index (χ3v) is 3.34. The van der Waals surface area contributed by atoms with Gasteiger partial charge in [-0.2, -0.15) is 5.10 Å². The summed E-state index contributed by atoms with van der Waals surface area (Å²) in [5.41, 5.74) is -0.238. The van der Waals surface area contributed by atoms with Crippen LogP contribution in [0, 0.1) is 0 Å². The monoisotopic (exact) mass is 315 g/mol. The van der Waals surface area contributed by atoms with Crippen LogP contribution in [0.5, 0.6) is 0 Å². The fraction of sp³-hybridized carbons (Fsp3) is 0.692. The smallest absolute Gasteiger partial charge is 0.343 e. The van der Waals surface area contributed by atoms with Gasteiger partial charge in [0.1, 0.15) is 5.82 Å². The molecule has 1 aromatic rings. The standard InChI is InChI=1S/C12H23N5O2.CH2O2/c1-5-9(16(3)6-2)11(18)13-8-7-10-14-15-12(19)17(10)4;2-1-3/h9H,5-8H2,1-4H3,(H,13,18)(H,15,19);1H,(H,2,3). The molecule has 0 bridgehead atoms. The van der Waals surface area contributed by atoms with Gasteiger partial charge in [0.15, 0.2) is 0 Å². The molecule has 0 aromatic carbocycles. The van der Waals surface area contributed by atoms with Crippen LogP contribution >= 0.6 is 0 Å². The van der Waals surface area contributed by atoms with Gasteiger partial charge >= 0.3 is 5.69 Å². The van der Waals surface area contributed by atoms with Crippen LogP contribution < -0.4 is 11.0 Å². The molecule has 9 nitrogen and oxygen atoms in total. The van der Waals surface area contributed by atoms with Crippen molar-refractivity contribution in [3.63, 3.8) is 0 Å². The second-order valence-electron chi connectivity index (χ2n) is 4.65. The first-order valence-corrected chi connectivity index (χ1v) is 7.08.